The molecule has 2 saturated carbocycles. The average Bonchev–Trinajstić information content (AvgIpc) is 3.18. The van der Waals surface area contributed by atoms with Crippen LogP contribution in [-0.2, 0) is 9.53 Å². The van der Waals surface area contributed by atoms with E-state index in [-0.39, 0.29) is 29.1 Å². The molecule has 1 spiro atoms. The number of ether oxygens (including phenoxy) is 1. The molecule has 2 aliphatic heterocycles. The number of nitrogens with one attached hydrogen (secondary N) is 1. The van der Waals surface area contributed by atoms with E-state index in [9.17, 15) is 9.90 Å². The van der Waals surface area contributed by atoms with Crippen molar-refractivity contribution in [2.24, 2.45) is 35.0 Å². The lowest BCUT2D eigenvalue weighted by Gasteiger charge is -2.48. The van der Waals surface area contributed by atoms with Crippen molar-refractivity contribution in [3.63, 3.8) is 0 Å². The van der Waals surface area contributed by atoms with Crippen LogP contribution in [0.1, 0.15) is 72.6 Å². The van der Waals surface area contributed by atoms with Crippen molar-refractivity contribution in [3.8, 4) is 0 Å². The van der Waals surface area contributed by atoms with E-state index in [0.717, 1.165) is 57.1 Å². The Labute approximate surface area is 186 Å². The Morgan fingerprint density at radius 2 is 2.03 bits per heavy atom. The van der Waals surface area contributed by atoms with Gasteiger partial charge in [0.1, 0.15) is 0 Å². The number of carbonyl (C=O) groups is 1. The van der Waals surface area contributed by atoms with Gasteiger partial charge >= 0.3 is 0 Å². The second kappa shape index (κ2) is 6.77. The molecule has 1 unspecified atom stereocenters. The lowest BCUT2D eigenvalue weighted by Crippen LogP contribution is -2.49. The second-order valence-electron chi connectivity index (χ2n) is 12.1. The lowest BCUT2D eigenvalue weighted by atomic mass is 9.56. The van der Waals surface area contributed by atoms with Crippen LogP contribution < -0.4 is 5.32 Å². The summed E-state index contributed by atoms with van der Waals surface area (Å²) in [6, 6.07) is 0.410. The number of Topliss-reactive ketones (excluding diaryl/α,β-unsaturated/α-hetero) is 1. The molecule has 2 N–H and O–H groups in total. The van der Waals surface area contributed by atoms with E-state index in [0.29, 0.717) is 35.5 Å². The van der Waals surface area contributed by atoms with Gasteiger partial charge in [-0.1, -0.05) is 32.4 Å². The molecule has 6 aliphatic rings. The highest BCUT2D eigenvalue weighted by atomic mass is 16.5. The summed E-state index contributed by atoms with van der Waals surface area (Å²) in [7, 11) is 0. The maximum Gasteiger partial charge on any atom is 0.163 e. The molecule has 2 heterocycles. The maximum atomic E-state index is 14.1. The van der Waals surface area contributed by atoms with Crippen LogP contribution in [0, 0.1) is 35.0 Å². The molecule has 0 amide bonds. The van der Waals surface area contributed by atoms with Gasteiger partial charge in [0.15, 0.2) is 5.78 Å². The van der Waals surface area contributed by atoms with E-state index < -0.39 is 0 Å². The first-order chi connectivity index (χ1) is 14.8. The topological polar surface area (TPSA) is 58.6 Å². The highest BCUT2D eigenvalue weighted by Crippen LogP contribution is 2.63. The third-order valence-electron chi connectivity index (χ3n) is 10.6. The third-order valence-corrected chi connectivity index (χ3v) is 10.6. The van der Waals surface area contributed by atoms with Crippen LogP contribution >= 0.6 is 0 Å². The molecular formula is C27H39NO3. The number of fused-ring (bicyclic) bond motifs is 6. The van der Waals surface area contributed by atoms with E-state index in [1.54, 1.807) is 0 Å². The van der Waals surface area contributed by atoms with Crippen molar-refractivity contribution in [3.05, 3.63) is 22.8 Å². The van der Waals surface area contributed by atoms with Gasteiger partial charge in [-0.05, 0) is 87.2 Å². The minimum absolute atomic E-state index is 0.0653. The molecule has 4 nitrogen and oxygen atoms in total. The molecule has 4 aliphatic carbocycles. The Balaban J connectivity index is 1.39. The molecule has 10 atom stereocenters. The Hall–Kier alpha value is -0.970. The van der Waals surface area contributed by atoms with Crippen LogP contribution in [0.3, 0.4) is 0 Å². The van der Waals surface area contributed by atoms with E-state index in [2.05, 4.69) is 39.1 Å². The van der Waals surface area contributed by atoms with Gasteiger partial charge in [-0.15, -0.1) is 0 Å². The Kier molecular flexibility index (Phi) is 4.51. The first-order valence-electron chi connectivity index (χ1n) is 12.8. The number of ketones is 1. The SMILES string of the molecule is CC1=C2C(=O)[C@H]3[C@@H](CC=C4C[C@@H](O)CC[C@@]43C)[C@@H]2CCC12O[C@H]1C[C@H](C)CN[C@H]1[C@H]2C. The van der Waals surface area contributed by atoms with Crippen LogP contribution in [0.15, 0.2) is 22.8 Å². The second-order valence-corrected chi connectivity index (χ2v) is 12.1. The van der Waals surface area contributed by atoms with Crippen LogP contribution in [0.25, 0.3) is 0 Å². The van der Waals surface area contributed by atoms with Gasteiger partial charge in [-0.3, -0.25) is 4.79 Å². The van der Waals surface area contributed by atoms with Gasteiger partial charge in [0, 0.05) is 23.5 Å². The van der Waals surface area contributed by atoms with E-state index in [1.807, 2.05) is 0 Å². The monoisotopic (exact) mass is 425 g/mol. The highest BCUT2D eigenvalue weighted by Gasteiger charge is 2.63. The zero-order chi connectivity index (χ0) is 21.7. The number of carbonyl (C=O) groups excluding carboxylic acids is 1. The van der Waals surface area contributed by atoms with Gasteiger partial charge < -0.3 is 15.2 Å². The van der Waals surface area contributed by atoms with Crippen molar-refractivity contribution < 1.29 is 14.6 Å². The fourth-order valence-electron chi connectivity index (χ4n) is 8.93. The molecule has 0 aromatic rings. The maximum absolute atomic E-state index is 14.1. The largest absolute Gasteiger partial charge is 0.393 e. The van der Waals surface area contributed by atoms with Crippen molar-refractivity contribution in [1.82, 2.24) is 5.32 Å². The van der Waals surface area contributed by atoms with Crippen molar-refractivity contribution in [1.29, 1.82) is 0 Å². The van der Waals surface area contributed by atoms with Crippen molar-refractivity contribution in [2.45, 2.75) is 96.5 Å². The van der Waals surface area contributed by atoms with Crippen LogP contribution in [0.5, 0.6) is 0 Å². The quantitative estimate of drug-likeness (QED) is 0.572. The van der Waals surface area contributed by atoms with Crippen LogP contribution in [-0.4, -0.2) is 41.3 Å². The van der Waals surface area contributed by atoms with Gasteiger partial charge in [0.2, 0.25) is 0 Å². The fraction of sp³-hybridized carbons (Fsp3) is 0.815. The molecule has 2 saturated heterocycles. The summed E-state index contributed by atoms with van der Waals surface area (Å²) in [4.78, 5) is 14.1. The molecule has 0 aromatic heterocycles. The predicted octanol–water partition coefficient (Wildman–Crippen LogP) is 4.18. The summed E-state index contributed by atoms with van der Waals surface area (Å²) in [6.45, 7) is 10.3. The summed E-state index contributed by atoms with van der Waals surface area (Å²) in [5, 5.41) is 14.0. The zero-order valence-electron chi connectivity index (χ0n) is 19.6. The first-order valence-corrected chi connectivity index (χ1v) is 12.8. The number of aliphatic hydroxyl groups is 1. The molecule has 4 heteroatoms. The summed E-state index contributed by atoms with van der Waals surface area (Å²) in [6.07, 6.45) is 9.23. The number of rotatable bonds is 0. The Morgan fingerprint density at radius 3 is 2.84 bits per heavy atom. The fourth-order valence-corrected chi connectivity index (χ4v) is 8.93. The molecular weight excluding hydrogens is 386 g/mol. The molecule has 4 fully saturated rings. The van der Waals surface area contributed by atoms with E-state index in [1.165, 1.54) is 11.1 Å². The van der Waals surface area contributed by atoms with Crippen molar-refractivity contribution in [2.75, 3.05) is 6.54 Å². The molecule has 0 aromatic carbocycles. The summed E-state index contributed by atoms with van der Waals surface area (Å²) in [5.74, 6) is 2.41. The van der Waals surface area contributed by atoms with Gasteiger partial charge in [0.25, 0.3) is 0 Å². The molecule has 0 bridgehead atoms. The average molecular weight is 426 g/mol. The minimum atomic E-state index is -0.263. The van der Waals surface area contributed by atoms with Gasteiger partial charge in [-0.2, -0.15) is 0 Å². The molecule has 0 radical (unpaired) electrons. The number of aliphatic hydroxyl groups excluding tert-OH is 1. The van der Waals surface area contributed by atoms with E-state index in [4.69, 9.17) is 4.74 Å². The Bertz CT molecular complexity index is 876. The van der Waals surface area contributed by atoms with Gasteiger partial charge in [-0.25, -0.2) is 0 Å². The third kappa shape index (κ3) is 2.62. The zero-order valence-corrected chi connectivity index (χ0v) is 19.6. The summed E-state index contributed by atoms with van der Waals surface area (Å²) in [5.41, 5.74) is 3.43. The normalized spacial score (nSPS) is 53.7. The predicted molar refractivity (Wildman–Crippen MR) is 120 cm³/mol. The smallest absolute Gasteiger partial charge is 0.163 e. The number of hydrogen-bond acceptors (Lipinski definition) is 4. The van der Waals surface area contributed by atoms with Crippen molar-refractivity contribution >= 4 is 5.78 Å². The van der Waals surface area contributed by atoms with Crippen LogP contribution in [0.2, 0.25) is 0 Å². The van der Waals surface area contributed by atoms with E-state index >= 15 is 0 Å². The number of allylic oxidation sites excluding steroid dienone is 2. The van der Waals surface area contributed by atoms with Gasteiger partial charge in [0.05, 0.1) is 17.8 Å². The first kappa shape index (κ1) is 20.6. The standard InChI is InChI=1S/C27H39NO3/c1-14-11-21-24(28-13-14)16(3)27(31-21)10-8-19-20-6-5-17-12-18(29)7-9-26(17,4)23(20)25(30)22(19)15(27)2/h5,14,16,18-21,23-24,28-29H,6-13H2,1-4H3/t14-,16+,18-,19-,20-,21-,23+,24-,26-,27?/m0/s1. The molecule has 6 rings (SSSR count). The molecule has 170 valence electrons. The number of piperidine rings is 1. The lowest BCUT2D eigenvalue weighted by molar-refractivity contribution is -0.123. The Morgan fingerprint density at radius 1 is 1.23 bits per heavy atom. The minimum Gasteiger partial charge on any atom is -0.393 e. The highest BCUT2D eigenvalue weighted by molar-refractivity contribution is 6.02. The van der Waals surface area contributed by atoms with Crippen LogP contribution in [0.4, 0.5) is 0 Å². The summed E-state index contributed by atoms with van der Waals surface area (Å²) < 4.78 is 6.93. The summed E-state index contributed by atoms with van der Waals surface area (Å²) >= 11 is 0. The molecule has 31 heavy (non-hydrogen) atoms. The number of hydrogen-bond donors (Lipinski definition) is 2.